The van der Waals surface area contributed by atoms with Gasteiger partial charge < -0.3 is 9.64 Å². The molecule has 0 spiro atoms. The van der Waals surface area contributed by atoms with Gasteiger partial charge in [0.2, 0.25) is 10.0 Å². The molecule has 1 aromatic heterocycles. The summed E-state index contributed by atoms with van der Waals surface area (Å²) >= 11 is 1.34. The van der Waals surface area contributed by atoms with E-state index < -0.39 is 10.0 Å². The van der Waals surface area contributed by atoms with Gasteiger partial charge in [-0.1, -0.05) is 44.2 Å². The number of aromatic nitrogens is 2. The number of benzene rings is 2. The summed E-state index contributed by atoms with van der Waals surface area (Å²) < 4.78 is 35.8. The first-order valence-corrected chi connectivity index (χ1v) is 15.8. The Labute approximate surface area is 239 Å². The van der Waals surface area contributed by atoms with Crippen LogP contribution in [-0.4, -0.2) is 77.9 Å². The molecule has 0 unspecified atom stereocenters. The van der Waals surface area contributed by atoms with E-state index in [2.05, 4.69) is 9.89 Å². The van der Waals surface area contributed by atoms with Crippen molar-refractivity contribution < 1.29 is 17.9 Å². The molecule has 9 nitrogen and oxygen atoms in total. The third-order valence-electron chi connectivity index (χ3n) is 6.63. The quantitative estimate of drug-likeness (QED) is 0.341. The number of rotatable bonds is 9. The number of thioether (sulfide) groups is 1. The lowest BCUT2D eigenvalue weighted by atomic mass is 10.1. The van der Waals surface area contributed by atoms with Crippen LogP contribution in [-0.2, 0) is 19.6 Å². The van der Waals surface area contributed by atoms with Gasteiger partial charge in [0.1, 0.15) is 5.69 Å². The van der Waals surface area contributed by atoms with Crippen molar-refractivity contribution in [2.24, 2.45) is 4.99 Å². The van der Waals surface area contributed by atoms with Crippen LogP contribution in [0.1, 0.15) is 32.3 Å². The third kappa shape index (κ3) is 6.07. The van der Waals surface area contributed by atoms with Gasteiger partial charge in [0.05, 0.1) is 28.7 Å². The second kappa shape index (κ2) is 12.5. The Balaban J connectivity index is 1.54. The van der Waals surface area contributed by atoms with Crippen molar-refractivity contribution >= 4 is 38.9 Å². The van der Waals surface area contributed by atoms with Gasteiger partial charge in [0.25, 0.3) is 5.91 Å². The number of amides is 1. The van der Waals surface area contributed by atoms with Gasteiger partial charge >= 0.3 is 0 Å². The molecule has 0 atom stereocenters. The Morgan fingerprint density at radius 3 is 2.45 bits per heavy atom. The highest BCUT2D eigenvalue weighted by Gasteiger charge is 2.28. The summed E-state index contributed by atoms with van der Waals surface area (Å²) in [5, 5.41) is 5.52. The van der Waals surface area contributed by atoms with E-state index in [1.54, 1.807) is 29.0 Å². The van der Waals surface area contributed by atoms with Crippen LogP contribution in [0.25, 0.3) is 23.0 Å². The minimum atomic E-state index is -3.67. The predicted octanol–water partition coefficient (Wildman–Crippen LogP) is 4.65. The summed E-state index contributed by atoms with van der Waals surface area (Å²) in [5.74, 6) is -0.295. The van der Waals surface area contributed by atoms with E-state index in [1.807, 2.05) is 56.4 Å². The van der Waals surface area contributed by atoms with Crippen LogP contribution < -0.4 is 0 Å². The molecule has 210 valence electrons. The van der Waals surface area contributed by atoms with Gasteiger partial charge in [0.15, 0.2) is 5.17 Å². The maximum atomic E-state index is 13.5. The van der Waals surface area contributed by atoms with Crippen LogP contribution in [0.3, 0.4) is 0 Å². The molecule has 11 heteroatoms. The number of carbonyl (C=O) groups excluding carboxylic acids is 1. The zero-order valence-electron chi connectivity index (χ0n) is 22.7. The fourth-order valence-electron chi connectivity index (χ4n) is 4.66. The van der Waals surface area contributed by atoms with Gasteiger partial charge in [-0.3, -0.25) is 4.79 Å². The molecule has 1 fully saturated rings. The fourth-order valence-corrected chi connectivity index (χ4v) is 7.29. The standard InChI is InChI=1S/C29H33N5O4S2/c1-3-13-33(14-4-2)40(36,37)25-12-8-9-22(19-25)27-23(21-34(31-27)24-10-6-5-7-11-24)20-26-28(35)30-29(39-26)32-15-17-38-18-16-32/h5-12,19-21H,3-4,13-18H2,1-2H3. The van der Waals surface area contributed by atoms with Gasteiger partial charge in [-0.15, -0.1) is 0 Å². The molecule has 0 bridgehead atoms. The van der Waals surface area contributed by atoms with Crippen molar-refractivity contribution in [2.75, 3.05) is 39.4 Å². The number of hydrogen-bond acceptors (Lipinski definition) is 7. The molecule has 0 N–H and O–H groups in total. The smallest absolute Gasteiger partial charge is 0.286 e. The summed E-state index contributed by atoms with van der Waals surface area (Å²) in [6, 6.07) is 16.6. The van der Waals surface area contributed by atoms with Gasteiger partial charge in [0, 0.05) is 43.5 Å². The molecule has 0 saturated carbocycles. The maximum Gasteiger partial charge on any atom is 0.286 e. The van der Waals surface area contributed by atoms with Crippen LogP contribution in [0.5, 0.6) is 0 Å². The molecule has 0 aliphatic carbocycles. The molecule has 3 heterocycles. The average Bonchev–Trinajstić information content (AvgIpc) is 3.57. The summed E-state index contributed by atoms with van der Waals surface area (Å²) in [7, 11) is -3.67. The molecule has 1 saturated heterocycles. The largest absolute Gasteiger partial charge is 0.378 e. The normalized spacial score (nSPS) is 17.2. The Kier molecular flexibility index (Phi) is 8.84. The SMILES string of the molecule is CCCN(CCC)S(=O)(=O)c1cccc(-c2nn(-c3ccccc3)cc2C=C2SC(N3CCOCC3)=NC2=O)c1. The second-order valence-electron chi connectivity index (χ2n) is 9.55. The zero-order valence-corrected chi connectivity index (χ0v) is 24.3. The third-order valence-corrected chi connectivity index (χ3v) is 9.57. The molecule has 40 heavy (non-hydrogen) atoms. The van der Waals surface area contributed by atoms with Crippen molar-refractivity contribution in [1.82, 2.24) is 19.0 Å². The lowest BCUT2D eigenvalue weighted by molar-refractivity contribution is -0.113. The Bertz CT molecular complexity index is 1520. The molecule has 5 rings (SSSR count). The van der Waals surface area contributed by atoms with Crippen LogP contribution in [0.4, 0.5) is 0 Å². The number of nitrogens with zero attached hydrogens (tertiary/aromatic N) is 5. The van der Waals surface area contributed by atoms with Crippen molar-refractivity contribution in [3.8, 4) is 16.9 Å². The van der Waals surface area contributed by atoms with E-state index in [0.29, 0.717) is 66.3 Å². The Morgan fingerprint density at radius 2 is 1.75 bits per heavy atom. The number of morpholine rings is 1. The van der Waals surface area contributed by atoms with Gasteiger partial charge in [-0.25, -0.2) is 13.1 Å². The summed E-state index contributed by atoms with van der Waals surface area (Å²) in [6.45, 7) is 7.47. The number of carbonyl (C=O) groups is 1. The predicted molar refractivity (Wildman–Crippen MR) is 159 cm³/mol. The topological polar surface area (TPSA) is 97.1 Å². The molecule has 0 radical (unpaired) electrons. The van der Waals surface area contributed by atoms with E-state index in [9.17, 15) is 13.2 Å². The molecule has 2 aromatic carbocycles. The average molecular weight is 580 g/mol. The van der Waals surface area contributed by atoms with E-state index in [0.717, 1.165) is 18.5 Å². The minimum Gasteiger partial charge on any atom is -0.378 e. The first-order chi connectivity index (χ1) is 19.4. The van der Waals surface area contributed by atoms with E-state index in [4.69, 9.17) is 9.84 Å². The lowest BCUT2D eigenvalue weighted by Gasteiger charge is -2.27. The summed E-state index contributed by atoms with van der Waals surface area (Å²) in [4.78, 5) is 20.0. The van der Waals surface area contributed by atoms with E-state index in [-0.39, 0.29) is 10.8 Å². The summed E-state index contributed by atoms with van der Waals surface area (Å²) in [6.07, 6.45) is 5.13. The second-order valence-corrected chi connectivity index (χ2v) is 12.5. The molecule has 2 aliphatic heterocycles. The van der Waals surface area contributed by atoms with Crippen LogP contribution in [0.15, 0.2) is 75.6 Å². The van der Waals surface area contributed by atoms with Gasteiger partial charge in [-0.2, -0.15) is 14.4 Å². The van der Waals surface area contributed by atoms with Crippen molar-refractivity contribution in [1.29, 1.82) is 0 Å². The molecular formula is C29H33N5O4S2. The van der Waals surface area contributed by atoms with Crippen LogP contribution in [0, 0.1) is 0 Å². The number of sulfonamides is 1. The Hall–Kier alpha value is -3.25. The van der Waals surface area contributed by atoms with E-state index in [1.165, 1.54) is 16.1 Å². The zero-order chi connectivity index (χ0) is 28.1. The number of amidine groups is 1. The van der Waals surface area contributed by atoms with Crippen molar-refractivity contribution in [3.63, 3.8) is 0 Å². The van der Waals surface area contributed by atoms with Gasteiger partial charge in [-0.05, 0) is 54.9 Å². The minimum absolute atomic E-state index is 0.226. The Morgan fingerprint density at radius 1 is 1.02 bits per heavy atom. The molecule has 1 amide bonds. The highest BCUT2D eigenvalue weighted by Crippen LogP contribution is 2.34. The highest BCUT2D eigenvalue weighted by molar-refractivity contribution is 8.18. The maximum absolute atomic E-state index is 13.5. The fraction of sp³-hybridized carbons (Fsp3) is 0.345. The number of para-hydroxylation sites is 1. The molecule has 2 aliphatic rings. The first kappa shape index (κ1) is 28.3. The number of ether oxygens (including phenoxy) is 1. The van der Waals surface area contributed by atoms with Crippen molar-refractivity contribution in [3.05, 3.63) is 71.3 Å². The van der Waals surface area contributed by atoms with Crippen LogP contribution in [0.2, 0.25) is 0 Å². The highest BCUT2D eigenvalue weighted by atomic mass is 32.2. The summed E-state index contributed by atoms with van der Waals surface area (Å²) in [5.41, 5.74) is 2.79. The van der Waals surface area contributed by atoms with Crippen molar-refractivity contribution in [2.45, 2.75) is 31.6 Å². The molecular weight excluding hydrogens is 546 g/mol. The van der Waals surface area contributed by atoms with E-state index >= 15 is 0 Å². The van der Waals surface area contributed by atoms with Crippen LogP contribution >= 0.6 is 11.8 Å². The number of aliphatic imine (C=N–C) groups is 1. The monoisotopic (exact) mass is 579 g/mol. The molecule has 3 aromatic rings. The lowest BCUT2D eigenvalue weighted by Crippen LogP contribution is -2.38. The number of hydrogen-bond donors (Lipinski definition) is 0. The first-order valence-electron chi connectivity index (χ1n) is 13.5.